The number of nitrogens with zero attached hydrogens (tertiary/aromatic N) is 2. The second-order valence-electron chi connectivity index (χ2n) is 7.51. The van der Waals surface area contributed by atoms with E-state index in [4.69, 9.17) is 9.47 Å². The van der Waals surface area contributed by atoms with Gasteiger partial charge >= 0.3 is 0 Å². The van der Waals surface area contributed by atoms with E-state index in [1.54, 1.807) is 11.0 Å². The van der Waals surface area contributed by atoms with Crippen molar-refractivity contribution in [3.05, 3.63) is 48.0 Å². The molecule has 1 atom stereocenters. The van der Waals surface area contributed by atoms with Gasteiger partial charge in [-0.3, -0.25) is 4.79 Å². The van der Waals surface area contributed by atoms with E-state index in [2.05, 4.69) is 0 Å². The molecule has 8 heteroatoms. The van der Waals surface area contributed by atoms with Gasteiger partial charge < -0.3 is 14.4 Å². The van der Waals surface area contributed by atoms with Crippen LogP contribution in [0.25, 0.3) is 0 Å². The molecule has 0 N–H and O–H groups in total. The van der Waals surface area contributed by atoms with Crippen LogP contribution in [0, 0.1) is 0 Å². The minimum absolute atomic E-state index is 0.0962. The largest absolute Gasteiger partial charge is 0.493 e. The van der Waals surface area contributed by atoms with Crippen LogP contribution < -0.4 is 14.4 Å². The molecule has 0 spiro atoms. The summed E-state index contributed by atoms with van der Waals surface area (Å²) in [4.78, 5) is 15.3. The fourth-order valence-corrected chi connectivity index (χ4v) is 6.00. The number of carbonyl (C=O) groups excluding carboxylic acids is 1. The summed E-state index contributed by atoms with van der Waals surface area (Å²) in [6.45, 7) is 0.930. The molecular weight excluding hydrogens is 404 g/mol. The van der Waals surface area contributed by atoms with Gasteiger partial charge in [0.2, 0.25) is 15.9 Å². The minimum atomic E-state index is -3.86. The summed E-state index contributed by atoms with van der Waals surface area (Å²) >= 11 is 0. The Morgan fingerprint density at radius 1 is 1.00 bits per heavy atom. The van der Waals surface area contributed by atoms with Crippen LogP contribution in [0.3, 0.4) is 0 Å². The van der Waals surface area contributed by atoms with Gasteiger partial charge in [0.15, 0.2) is 11.5 Å². The maximum atomic E-state index is 13.5. The number of ether oxygens (including phenoxy) is 2. The third kappa shape index (κ3) is 3.54. The van der Waals surface area contributed by atoms with E-state index in [-0.39, 0.29) is 10.8 Å². The van der Waals surface area contributed by atoms with Crippen LogP contribution >= 0.6 is 0 Å². The molecule has 7 nitrogen and oxygen atoms in total. The Bertz CT molecular complexity index is 1050. The summed E-state index contributed by atoms with van der Waals surface area (Å²) < 4.78 is 38.6. The number of benzene rings is 2. The number of sulfonamides is 1. The highest BCUT2D eigenvalue weighted by Crippen LogP contribution is 2.35. The number of hydrogen-bond donors (Lipinski definition) is 0. The molecule has 1 fully saturated rings. The first-order valence-corrected chi connectivity index (χ1v) is 11.5. The predicted molar refractivity (Wildman–Crippen MR) is 114 cm³/mol. The number of rotatable bonds is 5. The maximum absolute atomic E-state index is 13.5. The molecule has 0 radical (unpaired) electrons. The van der Waals surface area contributed by atoms with E-state index in [9.17, 15) is 13.2 Å². The minimum Gasteiger partial charge on any atom is -0.493 e. The third-order valence-electron chi connectivity index (χ3n) is 5.83. The van der Waals surface area contributed by atoms with E-state index in [0.29, 0.717) is 37.4 Å². The Kier molecular flexibility index (Phi) is 5.71. The van der Waals surface area contributed by atoms with Gasteiger partial charge in [-0.05, 0) is 49.4 Å². The summed E-state index contributed by atoms with van der Waals surface area (Å²) in [7, 11) is -0.896. The first kappa shape index (κ1) is 20.7. The zero-order valence-electron chi connectivity index (χ0n) is 17.2. The molecule has 30 heavy (non-hydrogen) atoms. The molecule has 0 aliphatic carbocycles. The first-order chi connectivity index (χ1) is 14.5. The molecular formula is C22H26N2O5S. The second-order valence-corrected chi connectivity index (χ2v) is 9.40. The standard InChI is InChI=1S/C22H26N2O5S/c1-28-20-12-11-17(15-21(20)29-2)30(26,27)24-14-6-10-19(24)22(25)23-13-5-8-16-7-3-4-9-18(16)23/h3-4,7,9,11-12,15,19H,5-6,8,10,13-14H2,1-2H3/t19-/m1/s1. The second kappa shape index (κ2) is 8.28. The van der Waals surface area contributed by atoms with Gasteiger partial charge in [-0.15, -0.1) is 0 Å². The van der Waals surface area contributed by atoms with Crippen molar-refractivity contribution in [3.8, 4) is 11.5 Å². The molecule has 0 saturated carbocycles. The third-order valence-corrected chi connectivity index (χ3v) is 7.73. The van der Waals surface area contributed by atoms with Crippen molar-refractivity contribution in [3.63, 3.8) is 0 Å². The van der Waals surface area contributed by atoms with Crippen molar-refractivity contribution in [1.82, 2.24) is 4.31 Å². The Balaban J connectivity index is 1.65. The normalized spacial score (nSPS) is 19.4. The van der Waals surface area contributed by atoms with E-state index < -0.39 is 16.1 Å². The van der Waals surface area contributed by atoms with Gasteiger partial charge in [-0.1, -0.05) is 18.2 Å². The zero-order chi connectivity index (χ0) is 21.3. The number of para-hydroxylation sites is 1. The molecule has 160 valence electrons. The number of hydrogen-bond acceptors (Lipinski definition) is 5. The molecule has 2 heterocycles. The van der Waals surface area contributed by atoms with Gasteiger partial charge in [-0.2, -0.15) is 4.31 Å². The van der Waals surface area contributed by atoms with Gasteiger partial charge in [0.1, 0.15) is 6.04 Å². The van der Waals surface area contributed by atoms with E-state index in [1.165, 1.54) is 30.7 Å². The molecule has 0 unspecified atom stereocenters. The highest BCUT2D eigenvalue weighted by molar-refractivity contribution is 7.89. The Hall–Kier alpha value is -2.58. The lowest BCUT2D eigenvalue weighted by Crippen LogP contribution is -2.49. The van der Waals surface area contributed by atoms with Crippen molar-refractivity contribution in [2.24, 2.45) is 0 Å². The van der Waals surface area contributed by atoms with Gasteiger partial charge in [-0.25, -0.2) is 8.42 Å². The number of amides is 1. The fraction of sp³-hybridized carbons (Fsp3) is 0.409. The van der Waals surface area contributed by atoms with Crippen molar-refractivity contribution in [2.75, 3.05) is 32.2 Å². The summed E-state index contributed by atoms with van der Waals surface area (Å²) in [5.41, 5.74) is 2.02. The summed E-state index contributed by atoms with van der Waals surface area (Å²) in [6, 6.07) is 11.7. The lowest BCUT2D eigenvalue weighted by atomic mass is 10.0. The molecule has 4 rings (SSSR count). The smallest absolute Gasteiger partial charge is 0.245 e. The van der Waals surface area contributed by atoms with Gasteiger partial charge in [0.05, 0.1) is 19.1 Å². The lowest BCUT2D eigenvalue weighted by Gasteiger charge is -2.33. The highest BCUT2D eigenvalue weighted by Gasteiger charge is 2.42. The summed E-state index contributed by atoms with van der Waals surface area (Å²) in [5.74, 6) is 0.643. The topological polar surface area (TPSA) is 76.2 Å². The monoisotopic (exact) mass is 430 g/mol. The maximum Gasteiger partial charge on any atom is 0.245 e. The Morgan fingerprint density at radius 3 is 2.53 bits per heavy atom. The van der Waals surface area contributed by atoms with Crippen LogP contribution in [-0.4, -0.2) is 52.0 Å². The number of methoxy groups -OCH3 is 2. The number of anilines is 1. The molecule has 0 aromatic heterocycles. The van der Waals surface area contributed by atoms with Crippen molar-refractivity contribution in [2.45, 2.75) is 36.6 Å². The van der Waals surface area contributed by atoms with Crippen LogP contribution in [0.1, 0.15) is 24.8 Å². The molecule has 1 amide bonds. The number of fused-ring (bicyclic) bond motifs is 1. The van der Waals surface area contributed by atoms with Crippen LogP contribution in [0.4, 0.5) is 5.69 Å². The van der Waals surface area contributed by atoms with Crippen LogP contribution in [0.15, 0.2) is 47.4 Å². The van der Waals surface area contributed by atoms with Gasteiger partial charge in [0, 0.05) is 24.8 Å². The average molecular weight is 431 g/mol. The van der Waals surface area contributed by atoms with Crippen molar-refractivity contribution < 1.29 is 22.7 Å². The average Bonchev–Trinajstić information content (AvgIpc) is 3.28. The summed E-state index contributed by atoms with van der Waals surface area (Å²) in [6.07, 6.45) is 2.97. The number of carbonyl (C=O) groups is 1. The molecule has 1 saturated heterocycles. The van der Waals surface area contributed by atoms with Crippen LogP contribution in [0.5, 0.6) is 11.5 Å². The van der Waals surface area contributed by atoms with E-state index >= 15 is 0 Å². The SMILES string of the molecule is COc1ccc(S(=O)(=O)N2CCC[C@@H]2C(=O)N2CCCc3ccccc32)cc1OC. The van der Waals surface area contributed by atoms with E-state index in [0.717, 1.165) is 24.1 Å². The number of aryl methyl sites for hydroxylation is 1. The summed E-state index contributed by atoms with van der Waals surface area (Å²) in [5, 5.41) is 0. The van der Waals surface area contributed by atoms with Crippen molar-refractivity contribution in [1.29, 1.82) is 0 Å². The molecule has 2 aromatic rings. The quantitative estimate of drug-likeness (QED) is 0.729. The van der Waals surface area contributed by atoms with Crippen molar-refractivity contribution >= 4 is 21.6 Å². The van der Waals surface area contributed by atoms with Crippen LogP contribution in [0.2, 0.25) is 0 Å². The van der Waals surface area contributed by atoms with E-state index in [1.807, 2.05) is 24.3 Å². The van der Waals surface area contributed by atoms with Crippen LogP contribution in [-0.2, 0) is 21.2 Å². The molecule has 2 aromatic carbocycles. The lowest BCUT2D eigenvalue weighted by molar-refractivity contribution is -0.121. The fourth-order valence-electron chi connectivity index (χ4n) is 4.33. The zero-order valence-corrected chi connectivity index (χ0v) is 18.0. The Labute approximate surface area is 177 Å². The molecule has 0 bridgehead atoms. The first-order valence-electron chi connectivity index (χ1n) is 10.1. The highest BCUT2D eigenvalue weighted by atomic mass is 32.2. The molecule has 2 aliphatic rings. The predicted octanol–water partition coefficient (Wildman–Crippen LogP) is 2.84. The van der Waals surface area contributed by atoms with Gasteiger partial charge in [0.25, 0.3) is 0 Å². The molecule has 2 aliphatic heterocycles. The Morgan fingerprint density at radius 2 is 1.77 bits per heavy atom.